The molecule has 13 heteroatoms. The summed E-state index contributed by atoms with van der Waals surface area (Å²) in [5, 5.41) is 38.5. The second-order valence-electron chi connectivity index (χ2n) is 16.0. The lowest BCUT2D eigenvalue weighted by Gasteiger charge is -2.20. The molecular weight excluding hydrogens is 775 g/mol. The van der Waals surface area contributed by atoms with Gasteiger partial charge in [-0.25, -0.2) is 4.57 Å². The number of rotatable bonds is 41. The molecule has 0 aromatic rings. The van der Waals surface area contributed by atoms with Crippen molar-refractivity contribution in [3.05, 3.63) is 48.6 Å². The number of unbranched alkanes of at least 4 members (excludes halogenated alkanes) is 15. The molecule has 1 unspecified atom stereocenters. The number of hydrogen-bond donors (Lipinski definition) is 5. The van der Waals surface area contributed by atoms with E-state index in [0.29, 0.717) is 19.3 Å². The summed E-state index contributed by atoms with van der Waals surface area (Å²) in [6, 6.07) is 0. The highest BCUT2D eigenvalue weighted by molar-refractivity contribution is 7.47. The highest BCUT2D eigenvalue weighted by Crippen LogP contribution is 2.43. The normalized spacial score (nSPS) is 15.4. The summed E-state index contributed by atoms with van der Waals surface area (Å²) in [7, 11) is -4.68. The van der Waals surface area contributed by atoms with Crippen LogP contribution in [0.25, 0.3) is 0 Å². The summed E-state index contributed by atoms with van der Waals surface area (Å²) in [6.45, 7) is 4.35. The lowest BCUT2D eigenvalue weighted by molar-refractivity contribution is -0.161. The van der Waals surface area contributed by atoms with Gasteiger partial charge < -0.3 is 34.8 Å². The molecule has 0 rings (SSSR count). The monoisotopic (exact) mass is 859 g/mol. The van der Waals surface area contributed by atoms with Crippen molar-refractivity contribution in [1.82, 2.24) is 0 Å². The van der Waals surface area contributed by atoms with E-state index in [-0.39, 0.29) is 19.3 Å². The minimum atomic E-state index is -4.68. The largest absolute Gasteiger partial charge is 0.472 e. The summed E-state index contributed by atoms with van der Waals surface area (Å²) >= 11 is 0. The minimum absolute atomic E-state index is 0.0640. The zero-order chi connectivity index (χ0) is 43.8. The van der Waals surface area contributed by atoms with Crippen LogP contribution in [0, 0.1) is 5.92 Å². The van der Waals surface area contributed by atoms with Crippen molar-refractivity contribution in [3.8, 4) is 0 Å². The number of hydrogen-bond acceptors (Lipinski definition) is 11. The second kappa shape index (κ2) is 40.0. The van der Waals surface area contributed by atoms with Crippen molar-refractivity contribution in [2.75, 3.05) is 26.4 Å². The van der Waals surface area contributed by atoms with Gasteiger partial charge in [0.05, 0.1) is 32.0 Å². The molecule has 0 aromatic heterocycles. The molecule has 0 bridgehead atoms. The summed E-state index contributed by atoms with van der Waals surface area (Å²) in [5.74, 6) is -0.339. The molecule has 0 radical (unpaired) electrons. The molecule has 0 aliphatic heterocycles. The molecule has 5 atom stereocenters. The van der Waals surface area contributed by atoms with Gasteiger partial charge in [0.15, 0.2) is 6.10 Å². The predicted molar refractivity (Wildman–Crippen MR) is 236 cm³/mol. The molecule has 344 valence electrons. The average Bonchev–Trinajstić information content (AvgIpc) is 3.20. The van der Waals surface area contributed by atoms with Crippen molar-refractivity contribution in [2.45, 2.75) is 199 Å². The van der Waals surface area contributed by atoms with Gasteiger partial charge in [-0.1, -0.05) is 179 Å². The molecule has 0 saturated carbocycles. The smallest absolute Gasteiger partial charge is 0.462 e. The Bertz CT molecular complexity index is 1170. The fourth-order valence-electron chi connectivity index (χ4n) is 6.04. The quantitative estimate of drug-likeness (QED) is 0.0170. The third-order valence-electron chi connectivity index (χ3n) is 9.62. The standard InChI is InChI=1S/C46H83O12P/c1-4-5-23-30-41(48)31-25-20-16-14-17-21-26-32-42(49)33-28-35-46(52)58-44(39-57-59(53,54)56-37-43(50)36-47)38-55-45(51)34-27-22-18-13-11-9-7-6-8-10-12-15-19-24-29-40(2)3/h16-17,20-21,25-26,31-32,40-44,47-50H,4-15,18-19,22-24,27-30,33-39H2,1-3H3,(H,53,54)/b20-16-,21-17-,31-25+,32-26+/t41-,42-,43+,44-/m1/s1. The Morgan fingerprint density at radius 1 is 0.593 bits per heavy atom. The Balaban J connectivity index is 4.49. The van der Waals surface area contributed by atoms with Gasteiger partial charge in [0.25, 0.3) is 0 Å². The number of allylic oxidation sites excluding steroid dienone is 6. The van der Waals surface area contributed by atoms with Crippen LogP contribution in [-0.4, -0.2) is 88.1 Å². The van der Waals surface area contributed by atoms with Gasteiger partial charge in [-0.3, -0.25) is 18.6 Å². The van der Waals surface area contributed by atoms with Crippen LogP contribution in [-0.2, 0) is 32.7 Å². The molecule has 0 aliphatic carbocycles. The molecule has 0 fully saturated rings. The maximum absolute atomic E-state index is 12.6. The predicted octanol–water partition coefficient (Wildman–Crippen LogP) is 9.91. The molecule has 0 aromatic carbocycles. The summed E-state index contributed by atoms with van der Waals surface area (Å²) in [5.41, 5.74) is 0. The zero-order valence-electron chi connectivity index (χ0n) is 36.8. The lowest BCUT2D eigenvalue weighted by atomic mass is 10.0. The van der Waals surface area contributed by atoms with Gasteiger partial charge in [-0.2, -0.15) is 0 Å². The maximum Gasteiger partial charge on any atom is 0.472 e. The first-order chi connectivity index (χ1) is 28.4. The molecule has 0 amide bonds. The molecule has 0 saturated heterocycles. The molecule has 12 nitrogen and oxygen atoms in total. The average molecular weight is 859 g/mol. The van der Waals surface area contributed by atoms with Gasteiger partial charge in [-0.15, -0.1) is 0 Å². The van der Waals surface area contributed by atoms with E-state index < -0.39 is 70.6 Å². The lowest BCUT2D eigenvalue weighted by Crippen LogP contribution is -2.30. The van der Waals surface area contributed by atoms with Crippen LogP contribution in [0.3, 0.4) is 0 Å². The van der Waals surface area contributed by atoms with Crippen molar-refractivity contribution in [1.29, 1.82) is 0 Å². The maximum atomic E-state index is 12.6. The number of aliphatic hydroxyl groups is 4. The molecule has 0 aliphatic rings. The highest BCUT2D eigenvalue weighted by Gasteiger charge is 2.27. The first-order valence-electron chi connectivity index (χ1n) is 22.7. The van der Waals surface area contributed by atoms with Gasteiger partial charge in [0, 0.05) is 12.8 Å². The third-order valence-corrected chi connectivity index (χ3v) is 10.6. The number of carbonyl (C=O) groups excluding carboxylic acids is 2. The Morgan fingerprint density at radius 3 is 1.59 bits per heavy atom. The minimum Gasteiger partial charge on any atom is -0.462 e. The molecule has 5 N–H and O–H groups in total. The first kappa shape index (κ1) is 56.9. The molecule has 0 spiro atoms. The summed E-state index contributed by atoms with van der Waals surface area (Å²) in [6.07, 6.45) is 34.3. The van der Waals surface area contributed by atoms with Crippen LogP contribution in [0.2, 0.25) is 0 Å². The van der Waals surface area contributed by atoms with E-state index in [2.05, 4.69) is 25.3 Å². The van der Waals surface area contributed by atoms with Crippen LogP contribution in [0.1, 0.15) is 175 Å². The SMILES string of the molecule is CCCCC[C@@H](O)/C=C/C=C\C/C=C\C=C\[C@@H](O)CCCC(=O)O[C@H](COC(=O)CCCCCCCCCCCCCCCCC(C)C)COP(=O)(O)OC[C@@H](O)CO. The second-order valence-corrected chi connectivity index (χ2v) is 17.4. The van der Waals surface area contributed by atoms with Crippen molar-refractivity contribution >= 4 is 19.8 Å². The van der Waals surface area contributed by atoms with E-state index in [0.717, 1.165) is 50.9 Å². The van der Waals surface area contributed by atoms with Gasteiger partial charge in [-0.05, 0) is 38.0 Å². The topological polar surface area (TPSA) is 189 Å². The van der Waals surface area contributed by atoms with Crippen LogP contribution in [0.4, 0.5) is 0 Å². The number of carbonyl (C=O) groups is 2. The number of ether oxygens (including phenoxy) is 2. The summed E-state index contributed by atoms with van der Waals surface area (Å²) < 4.78 is 32.6. The van der Waals surface area contributed by atoms with Crippen LogP contribution in [0.15, 0.2) is 48.6 Å². The Labute approximate surface area is 357 Å². The Hall–Kier alpha value is -2.15. The zero-order valence-corrected chi connectivity index (χ0v) is 37.7. The van der Waals surface area contributed by atoms with Crippen LogP contribution in [0.5, 0.6) is 0 Å². The van der Waals surface area contributed by atoms with E-state index in [9.17, 15) is 34.4 Å². The number of phosphoric ester groups is 1. The van der Waals surface area contributed by atoms with Crippen molar-refractivity contribution in [2.24, 2.45) is 5.92 Å². The fourth-order valence-corrected chi connectivity index (χ4v) is 6.83. The van der Waals surface area contributed by atoms with Gasteiger partial charge >= 0.3 is 19.8 Å². The Kier molecular flexibility index (Phi) is 38.5. The summed E-state index contributed by atoms with van der Waals surface area (Å²) in [4.78, 5) is 35.0. The van der Waals surface area contributed by atoms with Crippen molar-refractivity contribution in [3.63, 3.8) is 0 Å². The Morgan fingerprint density at radius 2 is 1.07 bits per heavy atom. The van der Waals surface area contributed by atoms with E-state index in [4.69, 9.17) is 19.1 Å². The highest BCUT2D eigenvalue weighted by atomic mass is 31.2. The molecular formula is C46H83O12P. The van der Waals surface area contributed by atoms with Crippen LogP contribution < -0.4 is 0 Å². The van der Waals surface area contributed by atoms with Gasteiger partial charge in [0.1, 0.15) is 12.7 Å². The first-order valence-corrected chi connectivity index (χ1v) is 24.2. The van der Waals surface area contributed by atoms with Gasteiger partial charge in [0.2, 0.25) is 0 Å². The fraction of sp³-hybridized carbons (Fsp3) is 0.783. The molecule has 59 heavy (non-hydrogen) atoms. The number of aliphatic hydroxyl groups excluding tert-OH is 4. The van der Waals surface area contributed by atoms with E-state index >= 15 is 0 Å². The third kappa shape index (κ3) is 41.0. The van der Waals surface area contributed by atoms with E-state index in [1.165, 1.54) is 70.6 Å². The van der Waals surface area contributed by atoms with E-state index in [1.54, 1.807) is 18.2 Å². The number of esters is 2. The van der Waals surface area contributed by atoms with E-state index in [1.807, 2.05) is 30.4 Å². The molecule has 0 heterocycles. The number of phosphoric acid groups is 1. The van der Waals surface area contributed by atoms with Crippen LogP contribution >= 0.6 is 7.82 Å². The van der Waals surface area contributed by atoms with Crippen molar-refractivity contribution < 1.29 is 58.0 Å².